The van der Waals surface area contributed by atoms with Gasteiger partial charge in [0.25, 0.3) is 11.1 Å². The molecule has 0 aromatic heterocycles. The van der Waals surface area contributed by atoms with Crippen molar-refractivity contribution in [3.8, 4) is 0 Å². The van der Waals surface area contributed by atoms with Gasteiger partial charge in [-0.25, -0.2) is 4.39 Å². The molecule has 1 aliphatic rings. The van der Waals surface area contributed by atoms with E-state index in [4.69, 9.17) is 0 Å². The number of carbonyl (C=O) groups is 2. The molecule has 82 valence electrons. The average molecular weight is 237 g/mol. The van der Waals surface area contributed by atoms with E-state index in [0.29, 0.717) is 5.56 Å². The Labute approximate surface area is 95.9 Å². The van der Waals surface area contributed by atoms with Gasteiger partial charge in [0.1, 0.15) is 5.82 Å². The summed E-state index contributed by atoms with van der Waals surface area (Å²) in [6, 6.07) is 6.10. The average Bonchev–Trinajstić information content (AvgIpc) is 2.50. The Kier molecular flexibility index (Phi) is 2.78. The number of halogens is 1. The zero-order chi connectivity index (χ0) is 11.7. The highest BCUT2D eigenvalue weighted by Gasteiger charge is 2.31. The summed E-state index contributed by atoms with van der Waals surface area (Å²) in [6.45, 7) is 0. The fraction of sp³-hybridized carbons (Fsp3) is 0.0909. The molecule has 1 aromatic rings. The van der Waals surface area contributed by atoms with E-state index < -0.39 is 11.7 Å². The second-order valence-corrected chi connectivity index (χ2v) is 4.26. The number of rotatable bonds is 1. The van der Waals surface area contributed by atoms with Crippen molar-refractivity contribution in [2.24, 2.45) is 0 Å². The zero-order valence-electron chi connectivity index (χ0n) is 8.44. The summed E-state index contributed by atoms with van der Waals surface area (Å²) in [7, 11) is 1.40. The predicted octanol–water partition coefficient (Wildman–Crippen LogP) is 2.49. The maximum atomic E-state index is 13.3. The summed E-state index contributed by atoms with van der Waals surface area (Å²) in [6.07, 6.45) is 1.39. The van der Waals surface area contributed by atoms with Gasteiger partial charge in [-0.3, -0.25) is 14.5 Å². The van der Waals surface area contributed by atoms with Crippen LogP contribution < -0.4 is 0 Å². The van der Waals surface area contributed by atoms with Crippen LogP contribution in [0.4, 0.5) is 9.18 Å². The molecule has 0 radical (unpaired) electrons. The molecular formula is C11H8FNO2S. The van der Waals surface area contributed by atoms with Crippen molar-refractivity contribution in [1.29, 1.82) is 0 Å². The number of amides is 2. The van der Waals surface area contributed by atoms with Gasteiger partial charge in [-0.2, -0.15) is 0 Å². The van der Waals surface area contributed by atoms with E-state index in [1.54, 1.807) is 18.2 Å². The fourth-order valence-corrected chi connectivity index (χ4v) is 2.10. The maximum absolute atomic E-state index is 13.3. The van der Waals surface area contributed by atoms with Crippen LogP contribution in [0.1, 0.15) is 5.56 Å². The predicted molar refractivity (Wildman–Crippen MR) is 60.1 cm³/mol. The summed E-state index contributed by atoms with van der Waals surface area (Å²) < 4.78 is 13.3. The van der Waals surface area contributed by atoms with Gasteiger partial charge in [-0.05, 0) is 23.9 Å². The molecule has 0 atom stereocenters. The molecule has 1 aromatic carbocycles. The van der Waals surface area contributed by atoms with E-state index in [9.17, 15) is 14.0 Å². The van der Waals surface area contributed by atoms with E-state index in [-0.39, 0.29) is 10.1 Å². The van der Waals surface area contributed by atoms with Crippen molar-refractivity contribution >= 4 is 29.0 Å². The number of hydrogen-bond donors (Lipinski definition) is 0. The minimum absolute atomic E-state index is 0.248. The number of carbonyl (C=O) groups excluding carboxylic acids is 2. The molecule has 2 amide bonds. The van der Waals surface area contributed by atoms with Gasteiger partial charge in [0.2, 0.25) is 0 Å². The summed E-state index contributed by atoms with van der Waals surface area (Å²) >= 11 is 0.817. The van der Waals surface area contributed by atoms with Gasteiger partial charge >= 0.3 is 0 Å². The van der Waals surface area contributed by atoms with Crippen molar-refractivity contribution in [3.05, 3.63) is 40.6 Å². The molecule has 1 saturated heterocycles. The van der Waals surface area contributed by atoms with Gasteiger partial charge in [0.05, 0.1) is 4.91 Å². The molecule has 0 N–H and O–H groups in total. The van der Waals surface area contributed by atoms with Crippen LogP contribution in [-0.4, -0.2) is 23.1 Å². The van der Waals surface area contributed by atoms with Crippen LogP contribution in [0.15, 0.2) is 29.2 Å². The van der Waals surface area contributed by atoms with Crippen LogP contribution >= 0.6 is 11.8 Å². The summed E-state index contributed by atoms with van der Waals surface area (Å²) in [5.41, 5.74) is 0.307. The summed E-state index contributed by atoms with van der Waals surface area (Å²) in [5, 5.41) is -0.340. The molecule has 1 heterocycles. The first-order valence-corrected chi connectivity index (χ1v) is 5.37. The molecule has 2 rings (SSSR count). The van der Waals surface area contributed by atoms with E-state index >= 15 is 0 Å². The largest absolute Gasteiger partial charge is 0.293 e. The van der Waals surface area contributed by atoms with Crippen molar-refractivity contribution in [3.63, 3.8) is 0 Å². The fourth-order valence-electron chi connectivity index (χ4n) is 1.28. The van der Waals surface area contributed by atoms with E-state index in [1.807, 2.05) is 0 Å². The highest BCUT2D eigenvalue weighted by Crippen LogP contribution is 2.31. The van der Waals surface area contributed by atoms with Crippen molar-refractivity contribution in [1.82, 2.24) is 4.90 Å². The molecule has 0 aliphatic carbocycles. The number of likely N-dealkylation sites (N-methyl/N-ethyl adjacent to an activating group) is 1. The minimum atomic E-state index is -0.412. The second kappa shape index (κ2) is 4.09. The normalized spacial score (nSPS) is 18.6. The van der Waals surface area contributed by atoms with Crippen LogP contribution in [0.2, 0.25) is 0 Å². The first-order valence-electron chi connectivity index (χ1n) is 4.55. The Bertz CT molecular complexity index is 499. The topological polar surface area (TPSA) is 37.4 Å². The van der Waals surface area contributed by atoms with Crippen molar-refractivity contribution in [2.45, 2.75) is 0 Å². The monoisotopic (exact) mass is 237 g/mol. The zero-order valence-corrected chi connectivity index (χ0v) is 9.25. The third-order valence-corrected chi connectivity index (χ3v) is 3.14. The number of thioether (sulfide) groups is 1. The van der Waals surface area contributed by atoms with Gasteiger partial charge in [0.15, 0.2) is 0 Å². The van der Waals surface area contributed by atoms with Crippen molar-refractivity contribution < 1.29 is 14.0 Å². The molecule has 0 saturated carbocycles. The van der Waals surface area contributed by atoms with Gasteiger partial charge in [-0.1, -0.05) is 18.2 Å². The number of benzene rings is 1. The quantitative estimate of drug-likeness (QED) is 0.704. The molecule has 5 heteroatoms. The van der Waals surface area contributed by atoms with Crippen LogP contribution in [0.5, 0.6) is 0 Å². The Morgan fingerprint density at radius 1 is 1.31 bits per heavy atom. The van der Waals surface area contributed by atoms with Crippen molar-refractivity contribution in [2.75, 3.05) is 7.05 Å². The molecule has 0 spiro atoms. The van der Waals surface area contributed by atoms with Crippen LogP contribution in [0.25, 0.3) is 6.08 Å². The summed E-state index contributed by atoms with van der Waals surface area (Å²) in [4.78, 5) is 24.0. The van der Waals surface area contributed by atoms with Crippen LogP contribution in [0, 0.1) is 5.82 Å². The number of imide groups is 1. The van der Waals surface area contributed by atoms with Gasteiger partial charge < -0.3 is 0 Å². The molecule has 1 aliphatic heterocycles. The van der Waals surface area contributed by atoms with Crippen LogP contribution in [0.3, 0.4) is 0 Å². The van der Waals surface area contributed by atoms with E-state index in [2.05, 4.69) is 0 Å². The highest BCUT2D eigenvalue weighted by molar-refractivity contribution is 8.18. The Balaban J connectivity index is 2.37. The molecule has 3 nitrogen and oxygen atoms in total. The lowest BCUT2D eigenvalue weighted by molar-refractivity contribution is -0.121. The van der Waals surface area contributed by atoms with Gasteiger partial charge in [-0.15, -0.1) is 0 Å². The minimum Gasteiger partial charge on any atom is -0.272 e. The standard InChI is InChI=1S/C11H8FNO2S/c1-13-10(14)9(16-11(13)15)6-7-4-2-3-5-8(7)12/h2-6H,1H3/b9-6-. The summed E-state index contributed by atoms with van der Waals surface area (Å²) in [5.74, 6) is -0.802. The maximum Gasteiger partial charge on any atom is 0.293 e. The Morgan fingerprint density at radius 2 is 2.00 bits per heavy atom. The molecular weight excluding hydrogens is 229 g/mol. The Morgan fingerprint density at radius 3 is 2.56 bits per heavy atom. The number of nitrogens with zero attached hydrogens (tertiary/aromatic N) is 1. The second-order valence-electron chi connectivity index (χ2n) is 3.26. The third-order valence-electron chi connectivity index (χ3n) is 2.18. The molecule has 0 unspecified atom stereocenters. The lowest BCUT2D eigenvalue weighted by atomic mass is 10.2. The lowest BCUT2D eigenvalue weighted by Gasteiger charge is -2.01. The third kappa shape index (κ3) is 1.86. The van der Waals surface area contributed by atoms with Crippen LogP contribution in [-0.2, 0) is 4.79 Å². The lowest BCUT2D eigenvalue weighted by Crippen LogP contribution is -2.22. The van der Waals surface area contributed by atoms with E-state index in [0.717, 1.165) is 16.7 Å². The molecule has 0 bridgehead atoms. The smallest absolute Gasteiger partial charge is 0.272 e. The SMILES string of the molecule is CN1C(=O)S/C(=C\c2ccccc2F)C1=O. The molecule has 16 heavy (non-hydrogen) atoms. The first kappa shape index (κ1) is 10.9. The first-order chi connectivity index (χ1) is 7.59. The highest BCUT2D eigenvalue weighted by atomic mass is 32.2. The number of hydrogen-bond acceptors (Lipinski definition) is 3. The van der Waals surface area contributed by atoms with Gasteiger partial charge in [0, 0.05) is 12.6 Å². The molecule has 1 fully saturated rings. The van der Waals surface area contributed by atoms with E-state index in [1.165, 1.54) is 19.2 Å². The Hall–Kier alpha value is -1.62.